The summed E-state index contributed by atoms with van der Waals surface area (Å²) in [4.78, 5) is 17.3. The number of nitrogens with one attached hydrogen (secondary N) is 1. The maximum Gasteiger partial charge on any atom is 0.257 e. The summed E-state index contributed by atoms with van der Waals surface area (Å²) in [5, 5.41) is 7.14. The number of hydrogen-bond acceptors (Lipinski definition) is 3. The van der Waals surface area contributed by atoms with Crippen LogP contribution in [0.5, 0.6) is 0 Å². The molecule has 2 heterocycles. The molecule has 0 radical (unpaired) electrons. The van der Waals surface area contributed by atoms with Gasteiger partial charge in [0.1, 0.15) is 0 Å². The molecule has 1 aromatic carbocycles. The van der Waals surface area contributed by atoms with Gasteiger partial charge in [0, 0.05) is 24.7 Å². The third kappa shape index (κ3) is 3.51. The van der Waals surface area contributed by atoms with Crippen molar-refractivity contribution in [1.29, 1.82) is 0 Å². The molecule has 2 aromatic rings. The van der Waals surface area contributed by atoms with Gasteiger partial charge in [-0.1, -0.05) is 23.8 Å². The van der Waals surface area contributed by atoms with Crippen LogP contribution in [0.25, 0.3) is 11.3 Å². The minimum atomic E-state index is 0.0830. The standard InChI is InChI=1S/C19H26N4O/c1-14-6-4-7-15(12-14)18-17(13-20-21-18)19(24)23-10-5-8-16(9-11-23)22(2)3/h4,6-7,12-13,16H,5,8-11H2,1-3H3,(H,20,21). The van der Waals surface area contributed by atoms with Crippen molar-refractivity contribution in [2.75, 3.05) is 27.2 Å². The Labute approximate surface area is 143 Å². The Kier molecular flexibility index (Phi) is 5.00. The largest absolute Gasteiger partial charge is 0.338 e. The molecule has 1 fully saturated rings. The zero-order valence-electron chi connectivity index (χ0n) is 14.7. The molecule has 0 saturated carbocycles. The molecule has 128 valence electrons. The lowest BCUT2D eigenvalue weighted by atomic mass is 10.0. The fourth-order valence-electron chi connectivity index (χ4n) is 3.44. The van der Waals surface area contributed by atoms with E-state index in [9.17, 15) is 4.79 Å². The van der Waals surface area contributed by atoms with Gasteiger partial charge in [-0.05, 0) is 46.3 Å². The van der Waals surface area contributed by atoms with Crippen molar-refractivity contribution in [3.8, 4) is 11.3 Å². The van der Waals surface area contributed by atoms with Crippen LogP contribution in [0.3, 0.4) is 0 Å². The predicted octanol–water partition coefficient (Wildman–Crippen LogP) is 2.94. The van der Waals surface area contributed by atoms with Gasteiger partial charge in [0.05, 0.1) is 17.5 Å². The second kappa shape index (κ2) is 7.18. The Morgan fingerprint density at radius 1 is 1.29 bits per heavy atom. The number of carbonyl (C=O) groups excluding carboxylic acids is 1. The lowest BCUT2D eigenvalue weighted by molar-refractivity contribution is 0.0759. The quantitative estimate of drug-likeness (QED) is 0.943. The molecule has 5 heteroatoms. The van der Waals surface area contributed by atoms with Crippen LogP contribution >= 0.6 is 0 Å². The summed E-state index contributed by atoms with van der Waals surface area (Å²) in [6.45, 7) is 3.68. The third-order valence-electron chi connectivity index (χ3n) is 4.89. The molecule has 1 amide bonds. The number of H-pyrrole nitrogens is 1. The summed E-state index contributed by atoms with van der Waals surface area (Å²) in [6.07, 6.45) is 4.88. The first-order valence-electron chi connectivity index (χ1n) is 8.62. The molecule has 1 N–H and O–H groups in total. The van der Waals surface area contributed by atoms with Gasteiger partial charge in [-0.15, -0.1) is 0 Å². The minimum absolute atomic E-state index is 0.0830. The zero-order chi connectivity index (χ0) is 17.1. The highest BCUT2D eigenvalue weighted by atomic mass is 16.2. The number of aryl methyl sites for hydroxylation is 1. The van der Waals surface area contributed by atoms with Gasteiger partial charge in [0.2, 0.25) is 0 Å². The van der Waals surface area contributed by atoms with E-state index in [0.717, 1.165) is 43.6 Å². The Bertz CT molecular complexity index is 707. The zero-order valence-corrected chi connectivity index (χ0v) is 14.7. The van der Waals surface area contributed by atoms with E-state index in [0.29, 0.717) is 11.6 Å². The van der Waals surface area contributed by atoms with Gasteiger partial charge >= 0.3 is 0 Å². The molecular formula is C19H26N4O. The highest BCUT2D eigenvalue weighted by Gasteiger charge is 2.25. The van der Waals surface area contributed by atoms with E-state index >= 15 is 0 Å². The van der Waals surface area contributed by atoms with E-state index < -0.39 is 0 Å². The minimum Gasteiger partial charge on any atom is -0.338 e. The number of aromatic amines is 1. The number of benzene rings is 1. The molecule has 1 atom stereocenters. The monoisotopic (exact) mass is 326 g/mol. The van der Waals surface area contributed by atoms with Crippen molar-refractivity contribution in [2.24, 2.45) is 0 Å². The normalized spacial score (nSPS) is 18.7. The Morgan fingerprint density at radius 2 is 2.12 bits per heavy atom. The average Bonchev–Trinajstić information content (AvgIpc) is 2.91. The molecule has 0 bridgehead atoms. The fraction of sp³-hybridized carbons (Fsp3) is 0.474. The topological polar surface area (TPSA) is 52.2 Å². The van der Waals surface area contributed by atoms with E-state index in [4.69, 9.17) is 0 Å². The first-order chi connectivity index (χ1) is 11.6. The number of amides is 1. The van der Waals surface area contributed by atoms with Gasteiger partial charge in [-0.2, -0.15) is 5.10 Å². The van der Waals surface area contributed by atoms with E-state index in [1.807, 2.05) is 17.0 Å². The van der Waals surface area contributed by atoms with Gasteiger partial charge in [0.25, 0.3) is 5.91 Å². The average molecular weight is 326 g/mol. The van der Waals surface area contributed by atoms with Crippen LogP contribution in [-0.4, -0.2) is 59.1 Å². The number of carbonyl (C=O) groups is 1. The van der Waals surface area contributed by atoms with Crippen LogP contribution in [0, 0.1) is 6.92 Å². The maximum atomic E-state index is 13.0. The van der Waals surface area contributed by atoms with Crippen LogP contribution in [0.2, 0.25) is 0 Å². The smallest absolute Gasteiger partial charge is 0.257 e. The van der Waals surface area contributed by atoms with E-state index in [2.05, 4.69) is 48.2 Å². The summed E-state index contributed by atoms with van der Waals surface area (Å²) in [5.74, 6) is 0.0830. The summed E-state index contributed by atoms with van der Waals surface area (Å²) >= 11 is 0. The SMILES string of the molecule is Cc1cccc(-c2[nH]ncc2C(=O)N2CCCC(N(C)C)CC2)c1. The molecule has 3 rings (SSSR count). The molecule has 24 heavy (non-hydrogen) atoms. The number of nitrogens with zero attached hydrogens (tertiary/aromatic N) is 3. The van der Waals surface area contributed by atoms with Crippen LogP contribution in [0.4, 0.5) is 0 Å². The molecule has 0 aliphatic carbocycles. The van der Waals surface area contributed by atoms with Crippen molar-refractivity contribution in [2.45, 2.75) is 32.2 Å². The van der Waals surface area contributed by atoms with Crippen molar-refractivity contribution < 1.29 is 4.79 Å². The third-order valence-corrected chi connectivity index (χ3v) is 4.89. The predicted molar refractivity (Wildman–Crippen MR) is 96.0 cm³/mol. The summed E-state index contributed by atoms with van der Waals surface area (Å²) in [7, 11) is 4.24. The van der Waals surface area contributed by atoms with Crippen LogP contribution in [-0.2, 0) is 0 Å². The molecule has 1 unspecified atom stereocenters. The van der Waals surface area contributed by atoms with Crippen molar-refractivity contribution in [3.63, 3.8) is 0 Å². The summed E-state index contributed by atoms with van der Waals surface area (Å²) in [5.41, 5.74) is 3.67. The molecule has 1 saturated heterocycles. The van der Waals surface area contributed by atoms with Crippen molar-refractivity contribution in [3.05, 3.63) is 41.6 Å². The highest BCUT2D eigenvalue weighted by Crippen LogP contribution is 2.24. The van der Waals surface area contributed by atoms with Gasteiger partial charge in [0.15, 0.2) is 0 Å². The van der Waals surface area contributed by atoms with E-state index in [-0.39, 0.29) is 5.91 Å². The maximum absolute atomic E-state index is 13.0. The Hall–Kier alpha value is -2.14. The summed E-state index contributed by atoms with van der Waals surface area (Å²) < 4.78 is 0. The fourth-order valence-corrected chi connectivity index (χ4v) is 3.44. The van der Waals surface area contributed by atoms with Crippen molar-refractivity contribution >= 4 is 5.91 Å². The van der Waals surface area contributed by atoms with E-state index in [1.165, 1.54) is 5.56 Å². The first-order valence-corrected chi connectivity index (χ1v) is 8.62. The van der Waals surface area contributed by atoms with Crippen LogP contribution in [0.1, 0.15) is 35.2 Å². The Balaban J connectivity index is 1.80. The number of aromatic nitrogens is 2. The number of rotatable bonds is 3. The van der Waals surface area contributed by atoms with Crippen molar-refractivity contribution in [1.82, 2.24) is 20.0 Å². The Morgan fingerprint density at radius 3 is 2.88 bits per heavy atom. The van der Waals surface area contributed by atoms with E-state index in [1.54, 1.807) is 6.20 Å². The van der Waals surface area contributed by atoms with Crippen LogP contribution in [0.15, 0.2) is 30.5 Å². The van der Waals surface area contributed by atoms with Gasteiger partial charge in [-0.25, -0.2) is 0 Å². The second-order valence-electron chi connectivity index (χ2n) is 6.87. The molecule has 5 nitrogen and oxygen atoms in total. The van der Waals surface area contributed by atoms with Gasteiger partial charge < -0.3 is 9.80 Å². The molecule has 0 spiro atoms. The van der Waals surface area contributed by atoms with Gasteiger partial charge in [-0.3, -0.25) is 9.89 Å². The lowest BCUT2D eigenvalue weighted by Gasteiger charge is -2.23. The second-order valence-corrected chi connectivity index (χ2v) is 6.87. The number of likely N-dealkylation sites (tertiary alicyclic amines) is 1. The molecule has 1 aliphatic rings. The molecule has 1 aromatic heterocycles. The summed E-state index contributed by atoms with van der Waals surface area (Å²) in [6, 6.07) is 8.71. The number of hydrogen-bond donors (Lipinski definition) is 1. The lowest BCUT2D eigenvalue weighted by Crippen LogP contribution is -2.33. The highest BCUT2D eigenvalue weighted by molar-refractivity contribution is 5.99. The first kappa shape index (κ1) is 16.7. The van der Waals surface area contributed by atoms with Crippen LogP contribution < -0.4 is 0 Å². The molecular weight excluding hydrogens is 300 g/mol. The molecule has 1 aliphatic heterocycles.